The number of aromatic amines is 1. The second-order valence-electron chi connectivity index (χ2n) is 7.84. The third-order valence-electron chi connectivity index (χ3n) is 5.71. The Kier molecular flexibility index (Phi) is 4.99. The fraction of sp³-hybridized carbons (Fsp3) is 0.526. The number of imidazole rings is 1. The zero-order valence-corrected chi connectivity index (χ0v) is 17.3. The molecule has 4 unspecified atom stereocenters. The molecule has 0 aliphatic heterocycles. The molecule has 10 heteroatoms. The molecule has 29 heavy (non-hydrogen) atoms. The molecule has 2 aliphatic carbocycles. The first kappa shape index (κ1) is 20.7. The maximum Gasteiger partial charge on any atom is 0.254 e. The van der Waals surface area contributed by atoms with E-state index in [9.17, 15) is 21.6 Å². The topological polar surface area (TPSA) is 72.0 Å². The van der Waals surface area contributed by atoms with Crippen LogP contribution in [0.15, 0.2) is 23.2 Å². The van der Waals surface area contributed by atoms with Gasteiger partial charge in [-0.25, -0.2) is 26.6 Å². The van der Waals surface area contributed by atoms with Crippen LogP contribution >= 0.6 is 11.6 Å². The van der Waals surface area contributed by atoms with E-state index in [2.05, 4.69) is 9.97 Å². The van der Waals surface area contributed by atoms with Crippen molar-refractivity contribution in [1.29, 1.82) is 0 Å². The Hall–Kier alpha value is -1.58. The van der Waals surface area contributed by atoms with E-state index < -0.39 is 45.6 Å². The fourth-order valence-electron chi connectivity index (χ4n) is 4.19. The first-order valence-electron chi connectivity index (χ1n) is 9.23. The molecule has 1 N–H and O–H groups in total. The summed E-state index contributed by atoms with van der Waals surface area (Å²) in [4.78, 5) is 7.09. The Morgan fingerprint density at radius 1 is 1.31 bits per heavy atom. The molecule has 158 valence electrons. The minimum atomic E-state index is -3.58. The summed E-state index contributed by atoms with van der Waals surface area (Å²) >= 11 is 5.91. The lowest BCUT2D eigenvalue weighted by molar-refractivity contribution is -0.0196. The molecule has 1 heterocycles. The maximum atomic E-state index is 13.7. The molecule has 4 rings (SSSR count). The number of fused-ring (bicyclic) bond motifs is 1. The lowest BCUT2D eigenvalue weighted by atomic mass is 9.97. The van der Waals surface area contributed by atoms with Gasteiger partial charge in [0.2, 0.25) is 0 Å². The molecule has 2 fully saturated rings. The molecule has 5 nitrogen and oxygen atoms in total. The van der Waals surface area contributed by atoms with Gasteiger partial charge in [0.25, 0.3) is 5.92 Å². The van der Waals surface area contributed by atoms with Crippen LogP contribution in [0.25, 0.3) is 0 Å². The standard InChI is InChI=1S/C19H20ClF3N2O3S/c1-9-18(29(2,26)27)25-17(24-9)16(10-3-6-15(21)14(20)7-10)28-11-4-5-12-13(8-11)19(12,22)23/h3,6-7,11-13,16H,4-5,8H2,1-2H3,(H,24,25). The second-order valence-corrected chi connectivity index (χ2v) is 10.2. The minimum Gasteiger partial charge on any atom is -0.362 e. The van der Waals surface area contributed by atoms with Crippen LogP contribution in [-0.2, 0) is 14.6 Å². The summed E-state index contributed by atoms with van der Waals surface area (Å²) in [5, 5.41) is -0.244. The number of nitrogens with one attached hydrogen (secondary N) is 1. The first-order valence-corrected chi connectivity index (χ1v) is 11.5. The quantitative estimate of drug-likeness (QED) is 0.733. The number of sulfone groups is 1. The number of H-pyrrole nitrogens is 1. The molecule has 2 aliphatic rings. The fourth-order valence-corrected chi connectivity index (χ4v) is 5.25. The highest BCUT2D eigenvalue weighted by Gasteiger charge is 2.69. The molecular formula is C19H20ClF3N2O3S. The van der Waals surface area contributed by atoms with Crippen LogP contribution in [0.2, 0.25) is 5.02 Å². The summed E-state index contributed by atoms with van der Waals surface area (Å²) in [5.74, 6) is -4.32. The van der Waals surface area contributed by atoms with Crippen LogP contribution in [0, 0.1) is 24.6 Å². The summed E-state index contributed by atoms with van der Waals surface area (Å²) in [6.45, 7) is 1.57. The number of hydrogen-bond acceptors (Lipinski definition) is 4. The van der Waals surface area contributed by atoms with Crippen molar-refractivity contribution in [3.8, 4) is 0 Å². The zero-order chi connectivity index (χ0) is 21.1. The van der Waals surface area contributed by atoms with Crippen molar-refractivity contribution in [3.05, 3.63) is 46.1 Å². The number of alkyl halides is 2. The van der Waals surface area contributed by atoms with Gasteiger partial charge in [-0.1, -0.05) is 17.7 Å². The predicted octanol–water partition coefficient (Wildman–Crippen LogP) is 4.45. The highest BCUT2D eigenvalue weighted by molar-refractivity contribution is 7.90. The van der Waals surface area contributed by atoms with Gasteiger partial charge in [0.05, 0.1) is 16.8 Å². The summed E-state index contributed by atoms with van der Waals surface area (Å²) < 4.78 is 71.2. The second kappa shape index (κ2) is 6.99. The van der Waals surface area contributed by atoms with E-state index in [0.29, 0.717) is 24.1 Å². The number of aryl methyl sites for hydroxylation is 1. The molecule has 0 saturated heterocycles. The van der Waals surface area contributed by atoms with E-state index in [-0.39, 0.29) is 22.3 Å². The van der Waals surface area contributed by atoms with Crippen molar-refractivity contribution in [3.63, 3.8) is 0 Å². The van der Waals surface area contributed by atoms with E-state index in [1.807, 2.05) is 0 Å². The van der Waals surface area contributed by atoms with Gasteiger partial charge in [-0.05, 0) is 43.9 Å². The van der Waals surface area contributed by atoms with Crippen LogP contribution in [0.1, 0.15) is 42.4 Å². The van der Waals surface area contributed by atoms with Gasteiger partial charge in [-0.3, -0.25) is 0 Å². The molecule has 0 spiro atoms. The number of aromatic nitrogens is 2. The number of ether oxygens (including phenoxy) is 1. The van der Waals surface area contributed by atoms with Crippen LogP contribution in [-0.4, -0.2) is 36.7 Å². The monoisotopic (exact) mass is 448 g/mol. The van der Waals surface area contributed by atoms with Crippen molar-refractivity contribution in [1.82, 2.24) is 9.97 Å². The van der Waals surface area contributed by atoms with E-state index in [4.69, 9.17) is 16.3 Å². The van der Waals surface area contributed by atoms with Gasteiger partial charge in [0.1, 0.15) is 17.7 Å². The Labute approximate surface area is 171 Å². The van der Waals surface area contributed by atoms with Crippen molar-refractivity contribution in [2.45, 2.75) is 49.3 Å². The molecule has 0 radical (unpaired) electrons. The van der Waals surface area contributed by atoms with Gasteiger partial charge in [0.15, 0.2) is 14.9 Å². The first-order chi connectivity index (χ1) is 13.5. The third kappa shape index (κ3) is 3.80. The smallest absolute Gasteiger partial charge is 0.254 e. The largest absolute Gasteiger partial charge is 0.362 e. The Morgan fingerprint density at radius 3 is 2.62 bits per heavy atom. The van der Waals surface area contributed by atoms with E-state index in [1.165, 1.54) is 18.2 Å². The Balaban J connectivity index is 1.67. The van der Waals surface area contributed by atoms with Gasteiger partial charge in [-0.2, -0.15) is 0 Å². The Bertz CT molecular complexity index is 1060. The minimum absolute atomic E-state index is 0.119. The van der Waals surface area contributed by atoms with E-state index in [0.717, 1.165) is 6.26 Å². The van der Waals surface area contributed by atoms with Crippen LogP contribution in [0.3, 0.4) is 0 Å². The van der Waals surface area contributed by atoms with Gasteiger partial charge >= 0.3 is 0 Å². The maximum absolute atomic E-state index is 13.7. The number of hydrogen-bond donors (Lipinski definition) is 1. The van der Waals surface area contributed by atoms with Crippen molar-refractivity contribution >= 4 is 21.4 Å². The third-order valence-corrected chi connectivity index (χ3v) is 7.10. The number of nitrogens with zero attached hydrogens (tertiary/aromatic N) is 1. The number of benzene rings is 1. The van der Waals surface area contributed by atoms with E-state index >= 15 is 0 Å². The van der Waals surface area contributed by atoms with Crippen molar-refractivity contribution in [2.75, 3.05) is 6.26 Å². The molecule has 1 aromatic carbocycles. The van der Waals surface area contributed by atoms with Crippen LogP contribution in [0.4, 0.5) is 13.2 Å². The van der Waals surface area contributed by atoms with Gasteiger partial charge in [-0.15, -0.1) is 0 Å². The molecule has 4 atom stereocenters. The molecule has 2 aromatic rings. The van der Waals surface area contributed by atoms with Gasteiger partial charge in [0, 0.05) is 18.1 Å². The average Bonchev–Trinajstić information content (AvgIpc) is 2.96. The Morgan fingerprint density at radius 2 is 2.03 bits per heavy atom. The van der Waals surface area contributed by atoms with Crippen molar-refractivity contribution in [2.24, 2.45) is 11.8 Å². The van der Waals surface area contributed by atoms with Gasteiger partial charge < -0.3 is 9.72 Å². The number of halogens is 4. The van der Waals surface area contributed by atoms with Crippen LogP contribution < -0.4 is 0 Å². The highest BCUT2D eigenvalue weighted by Crippen LogP contribution is 2.62. The molecule has 2 saturated carbocycles. The van der Waals surface area contributed by atoms with Crippen molar-refractivity contribution < 1.29 is 26.3 Å². The lowest BCUT2D eigenvalue weighted by Gasteiger charge is -2.26. The predicted molar refractivity (Wildman–Crippen MR) is 100 cm³/mol. The summed E-state index contributed by atoms with van der Waals surface area (Å²) in [7, 11) is -3.58. The lowest BCUT2D eigenvalue weighted by Crippen LogP contribution is -2.22. The summed E-state index contributed by atoms with van der Waals surface area (Å²) in [6.07, 6.45) is 0.732. The summed E-state index contributed by atoms with van der Waals surface area (Å²) in [5.41, 5.74) is 0.789. The SMILES string of the molecule is Cc1[nH]c(C(OC2CCC3C(C2)C3(F)F)c2ccc(F)c(Cl)c2)nc1S(C)(=O)=O. The molecule has 0 amide bonds. The molecule has 0 bridgehead atoms. The number of rotatable bonds is 5. The zero-order valence-electron chi connectivity index (χ0n) is 15.8. The van der Waals surface area contributed by atoms with E-state index in [1.54, 1.807) is 6.92 Å². The molecule has 1 aromatic heterocycles. The normalized spacial score (nSPS) is 26.8. The molecular weight excluding hydrogens is 429 g/mol. The average molecular weight is 449 g/mol. The summed E-state index contributed by atoms with van der Waals surface area (Å²) in [6, 6.07) is 4.01. The highest BCUT2D eigenvalue weighted by atomic mass is 35.5. The van der Waals surface area contributed by atoms with Crippen LogP contribution in [0.5, 0.6) is 0 Å².